The molecule has 3 nitrogen and oxygen atoms in total. The SMILES string of the molecule is CCOC(=S)C(=CC=C(C#N)c1ccccc1)N(C)C. The lowest BCUT2D eigenvalue weighted by Gasteiger charge is -2.17. The molecule has 1 aromatic carbocycles. The van der Waals surface area contributed by atoms with E-state index in [1.807, 2.05) is 62.3 Å². The minimum absolute atomic E-state index is 0.430. The van der Waals surface area contributed by atoms with Gasteiger partial charge in [-0.05, 0) is 36.9 Å². The Labute approximate surface area is 125 Å². The van der Waals surface area contributed by atoms with Gasteiger partial charge < -0.3 is 9.64 Å². The fourth-order valence-electron chi connectivity index (χ4n) is 1.58. The van der Waals surface area contributed by atoms with E-state index in [0.717, 1.165) is 11.3 Å². The van der Waals surface area contributed by atoms with Crippen LogP contribution in [0.1, 0.15) is 12.5 Å². The van der Waals surface area contributed by atoms with Crippen LogP contribution in [0.3, 0.4) is 0 Å². The molecule has 0 bridgehead atoms. The van der Waals surface area contributed by atoms with Crippen LogP contribution in [0.4, 0.5) is 0 Å². The topological polar surface area (TPSA) is 36.3 Å². The maximum absolute atomic E-state index is 9.25. The van der Waals surface area contributed by atoms with Crippen molar-refractivity contribution in [2.75, 3.05) is 20.7 Å². The first-order chi connectivity index (χ1) is 9.60. The highest BCUT2D eigenvalue weighted by Gasteiger charge is 2.07. The number of rotatable bonds is 5. The van der Waals surface area contributed by atoms with Gasteiger partial charge in [0.15, 0.2) is 0 Å². The smallest absolute Gasteiger partial charge is 0.207 e. The molecule has 0 aliphatic heterocycles. The normalized spacial score (nSPS) is 11.7. The van der Waals surface area contributed by atoms with E-state index in [0.29, 0.717) is 17.2 Å². The third kappa shape index (κ3) is 4.52. The molecule has 104 valence electrons. The summed E-state index contributed by atoms with van der Waals surface area (Å²) < 4.78 is 5.35. The van der Waals surface area contributed by atoms with E-state index < -0.39 is 0 Å². The van der Waals surface area contributed by atoms with Crippen LogP contribution in [0.25, 0.3) is 5.57 Å². The molecular weight excluding hydrogens is 268 g/mol. The van der Waals surface area contributed by atoms with E-state index in [1.54, 1.807) is 6.08 Å². The molecule has 0 fully saturated rings. The first-order valence-electron chi connectivity index (χ1n) is 6.32. The van der Waals surface area contributed by atoms with Gasteiger partial charge in [-0.25, -0.2) is 0 Å². The van der Waals surface area contributed by atoms with E-state index in [1.165, 1.54) is 0 Å². The van der Waals surface area contributed by atoms with Gasteiger partial charge in [-0.3, -0.25) is 0 Å². The van der Waals surface area contributed by atoms with E-state index in [-0.39, 0.29) is 0 Å². The molecule has 0 aromatic heterocycles. The fourth-order valence-corrected chi connectivity index (χ4v) is 1.95. The van der Waals surface area contributed by atoms with Crippen molar-refractivity contribution in [3.63, 3.8) is 0 Å². The lowest BCUT2D eigenvalue weighted by Crippen LogP contribution is -2.19. The van der Waals surface area contributed by atoms with Crippen molar-refractivity contribution in [2.24, 2.45) is 0 Å². The average Bonchev–Trinajstić information content (AvgIpc) is 2.44. The van der Waals surface area contributed by atoms with Crippen LogP contribution in [0.15, 0.2) is 48.2 Å². The number of nitriles is 1. The molecule has 0 radical (unpaired) electrons. The maximum Gasteiger partial charge on any atom is 0.207 e. The van der Waals surface area contributed by atoms with E-state index in [4.69, 9.17) is 17.0 Å². The van der Waals surface area contributed by atoms with Crippen LogP contribution in [0.2, 0.25) is 0 Å². The molecule has 0 spiro atoms. The second-order valence-electron chi connectivity index (χ2n) is 4.22. The second kappa shape index (κ2) is 8.13. The zero-order valence-corrected chi connectivity index (χ0v) is 12.8. The summed E-state index contributed by atoms with van der Waals surface area (Å²) in [5.74, 6) is 0. The summed E-state index contributed by atoms with van der Waals surface area (Å²) in [7, 11) is 3.78. The first kappa shape index (κ1) is 15.9. The van der Waals surface area contributed by atoms with Crippen molar-refractivity contribution >= 4 is 22.8 Å². The second-order valence-corrected chi connectivity index (χ2v) is 4.60. The van der Waals surface area contributed by atoms with Crippen molar-refractivity contribution in [2.45, 2.75) is 6.92 Å². The summed E-state index contributed by atoms with van der Waals surface area (Å²) >= 11 is 5.21. The zero-order chi connectivity index (χ0) is 15.0. The lowest BCUT2D eigenvalue weighted by atomic mass is 10.1. The molecule has 0 amide bonds. The fraction of sp³-hybridized carbons (Fsp3) is 0.250. The Morgan fingerprint density at radius 1 is 1.30 bits per heavy atom. The standard InChI is InChI=1S/C16H18N2OS/c1-4-19-16(20)15(18(2)3)11-10-14(12-17)13-8-6-5-7-9-13/h5-11H,4H2,1-3H3. The van der Waals surface area contributed by atoms with E-state index in [2.05, 4.69) is 6.07 Å². The Kier molecular flexibility index (Phi) is 6.48. The molecule has 0 unspecified atom stereocenters. The van der Waals surface area contributed by atoms with Crippen molar-refractivity contribution in [3.05, 3.63) is 53.7 Å². The summed E-state index contributed by atoms with van der Waals surface area (Å²) in [6.07, 6.45) is 3.57. The van der Waals surface area contributed by atoms with Gasteiger partial charge in [0.1, 0.15) is 0 Å². The van der Waals surface area contributed by atoms with Gasteiger partial charge in [0.2, 0.25) is 5.05 Å². The summed E-state index contributed by atoms with van der Waals surface area (Å²) in [4.78, 5) is 1.87. The molecule has 1 rings (SSSR count). The number of nitrogens with zero attached hydrogens (tertiary/aromatic N) is 2. The first-order valence-corrected chi connectivity index (χ1v) is 6.73. The molecular formula is C16H18N2OS. The van der Waals surface area contributed by atoms with Gasteiger partial charge >= 0.3 is 0 Å². The van der Waals surface area contributed by atoms with Crippen LogP contribution in [-0.2, 0) is 4.74 Å². The third-order valence-corrected chi connectivity index (χ3v) is 2.91. The minimum Gasteiger partial charge on any atom is -0.482 e. The Balaban J connectivity index is 3.08. The van der Waals surface area contributed by atoms with Gasteiger partial charge in [0.05, 0.1) is 23.9 Å². The quantitative estimate of drug-likeness (QED) is 0.360. The maximum atomic E-state index is 9.25. The largest absolute Gasteiger partial charge is 0.482 e. The predicted octanol–water partition coefficient (Wildman–Crippen LogP) is 3.40. The van der Waals surface area contributed by atoms with E-state index >= 15 is 0 Å². The highest BCUT2D eigenvalue weighted by Crippen LogP contribution is 2.14. The van der Waals surface area contributed by atoms with Crippen LogP contribution >= 0.6 is 12.2 Å². The number of likely N-dealkylation sites (N-methyl/N-ethyl adjacent to an activating group) is 1. The van der Waals surface area contributed by atoms with Gasteiger partial charge in [-0.1, -0.05) is 30.3 Å². The number of hydrogen-bond acceptors (Lipinski definition) is 4. The van der Waals surface area contributed by atoms with Gasteiger partial charge in [0, 0.05) is 14.1 Å². The third-order valence-electron chi connectivity index (χ3n) is 2.58. The number of hydrogen-bond donors (Lipinski definition) is 0. The average molecular weight is 286 g/mol. The molecule has 20 heavy (non-hydrogen) atoms. The molecule has 0 N–H and O–H groups in total. The highest BCUT2D eigenvalue weighted by molar-refractivity contribution is 7.80. The van der Waals surface area contributed by atoms with Crippen LogP contribution in [0.5, 0.6) is 0 Å². The number of benzene rings is 1. The van der Waals surface area contributed by atoms with E-state index in [9.17, 15) is 5.26 Å². The van der Waals surface area contributed by atoms with Crippen molar-refractivity contribution in [3.8, 4) is 6.07 Å². The Hall–Kier alpha value is -2.12. The molecule has 0 aliphatic rings. The van der Waals surface area contributed by atoms with Crippen LogP contribution in [0, 0.1) is 11.3 Å². The van der Waals surface area contributed by atoms with Crippen molar-refractivity contribution in [1.29, 1.82) is 5.26 Å². The lowest BCUT2D eigenvalue weighted by molar-refractivity contribution is 0.326. The summed E-state index contributed by atoms with van der Waals surface area (Å²) in [5.41, 5.74) is 2.24. The Bertz CT molecular complexity index is 554. The molecule has 4 heteroatoms. The van der Waals surface area contributed by atoms with Crippen LogP contribution in [-0.4, -0.2) is 30.7 Å². The summed E-state index contributed by atoms with van der Waals surface area (Å²) in [6.45, 7) is 2.41. The summed E-state index contributed by atoms with van der Waals surface area (Å²) in [5, 5.41) is 9.68. The van der Waals surface area contributed by atoms with Crippen molar-refractivity contribution in [1.82, 2.24) is 4.90 Å². The molecule has 0 aliphatic carbocycles. The molecule has 1 aromatic rings. The predicted molar refractivity (Wildman–Crippen MR) is 86.0 cm³/mol. The minimum atomic E-state index is 0.430. The van der Waals surface area contributed by atoms with Gasteiger partial charge in [-0.15, -0.1) is 0 Å². The van der Waals surface area contributed by atoms with Gasteiger partial charge in [0.25, 0.3) is 0 Å². The molecule has 0 saturated carbocycles. The molecule has 0 saturated heterocycles. The Morgan fingerprint density at radius 3 is 2.45 bits per heavy atom. The molecule has 0 heterocycles. The van der Waals surface area contributed by atoms with Crippen LogP contribution < -0.4 is 0 Å². The number of ether oxygens (including phenoxy) is 1. The molecule has 0 atom stereocenters. The monoisotopic (exact) mass is 286 g/mol. The van der Waals surface area contributed by atoms with Gasteiger partial charge in [-0.2, -0.15) is 5.26 Å². The summed E-state index contributed by atoms with van der Waals surface area (Å²) in [6, 6.07) is 11.7. The zero-order valence-electron chi connectivity index (χ0n) is 12.0. The Morgan fingerprint density at radius 2 is 1.95 bits per heavy atom. The van der Waals surface area contributed by atoms with Crippen molar-refractivity contribution < 1.29 is 4.74 Å². The highest BCUT2D eigenvalue weighted by atomic mass is 32.1. The number of allylic oxidation sites excluding steroid dienone is 3. The number of thiocarbonyl (C=S) groups is 1.